The number of nitrogens with zero attached hydrogens (tertiary/aromatic N) is 1. The average Bonchev–Trinajstić information content (AvgIpc) is 3.01. The van der Waals surface area contributed by atoms with Gasteiger partial charge in [0.15, 0.2) is 0 Å². The molecule has 1 saturated heterocycles. The van der Waals surface area contributed by atoms with Crippen LogP contribution in [0.1, 0.15) is 12.8 Å². The zero-order valence-electron chi connectivity index (χ0n) is 10.8. The Morgan fingerprint density at radius 1 is 1.26 bits per heavy atom. The van der Waals surface area contributed by atoms with E-state index in [1.807, 2.05) is 18.2 Å². The Bertz CT molecular complexity index is 507. The van der Waals surface area contributed by atoms with Crippen LogP contribution < -0.4 is 10.1 Å². The minimum Gasteiger partial charge on any atom is -0.477 e. The van der Waals surface area contributed by atoms with Crippen LogP contribution in [0.5, 0.6) is 5.88 Å². The molecule has 2 aromatic heterocycles. The third kappa shape index (κ3) is 3.33. The molecule has 1 fully saturated rings. The van der Waals surface area contributed by atoms with Gasteiger partial charge < -0.3 is 10.1 Å². The summed E-state index contributed by atoms with van der Waals surface area (Å²) in [5.41, 5.74) is 2.15. The summed E-state index contributed by atoms with van der Waals surface area (Å²) in [6.07, 6.45) is 2.40. The Balaban J connectivity index is 1.63. The fourth-order valence-electron chi connectivity index (χ4n) is 2.32. The van der Waals surface area contributed by atoms with Gasteiger partial charge in [-0.05, 0) is 49.4 Å². The Labute approximate surface area is 117 Å². The number of thiophene rings is 1. The summed E-state index contributed by atoms with van der Waals surface area (Å²) in [5.74, 6) is 1.40. The quantitative estimate of drug-likeness (QED) is 0.929. The van der Waals surface area contributed by atoms with E-state index >= 15 is 0 Å². The van der Waals surface area contributed by atoms with E-state index in [2.05, 4.69) is 27.1 Å². The van der Waals surface area contributed by atoms with Gasteiger partial charge in [-0.1, -0.05) is 6.07 Å². The molecule has 2 aromatic rings. The summed E-state index contributed by atoms with van der Waals surface area (Å²) in [5, 5.41) is 7.55. The maximum absolute atomic E-state index is 5.85. The standard InChI is InChI=1S/C15H18N2OS/c1-2-14(13-6-9-19-11-13)17-15(3-1)18-10-12-4-7-16-8-5-12/h1-3,6,9,11-12,16H,4-5,7-8,10H2. The molecule has 0 unspecified atom stereocenters. The molecule has 100 valence electrons. The van der Waals surface area contributed by atoms with E-state index in [1.165, 1.54) is 12.8 Å². The van der Waals surface area contributed by atoms with Gasteiger partial charge in [0, 0.05) is 17.0 Å². The van der Waals surface area contributed by atoms with E-state index < -0.39 is 0 Å². The van der Waals surface area contributed by atoms with Crippen molar-refractivity contribution in [2.24, 2.45) is 5.92 Å². The summed E-state index contributed by atoms with van der Waals surface area (Å²) in [6, 6.07) is 8.07. The van der Waals surface area contributed by atoms with E-state index in [0.717, 1.165) is 36.8 Å². The van der Waals surface area contributed by atoms with Gasteiger partial charge in [-0.25, -0.2) is 4.98 Å². The van der Waals surface area contributed by atoms with Crippen molar-refractivity contribution in [2.75, 3.05) is 19.7 Å². The first-order valence-electron chi connectivity index (χ1n) is 6.75. The molecular formula is C15H18N2OS. The van der Waals surface area contributed by atoms with Crippen molar-refractivity contribution >= 4 is 11.3 Å². The van der Waals surface area contributed by atoms with Crippen LogP contribution in [0.25, 0.3) is 11.3 Å². The lowest BCUT2D eigenvalue weighted by atomic mass is 9.99. The third-order valence-corrected chi connectivity index (χ3v) is 4.15. The monoisotopic (exact) mass is 274 g/mol. The van der Waals surface area contributed by atoms with Crippen LogP contribution >= 0.6 is 11.3 Å². The second kappa shape index (κ2) is 6.17. The first kappa shape index (κ1) is 12.6. The third-order valence-electron chi connectivity index (χ3n) is 3.47. The molecule has 1 N–H and O–H groups in total. The molecule has 3 rings (SSSR count). The number of piperidine rings is 1. The highest BCUT2D eigenvalue weighted by atomic mass is 32.1. The Hall–Kier alpha value is -1.39. The number of aromatic nitrogens is 1. The largest absolute Gasteiger partial charge is 0.477 e. The maximum Gasteiger partial charge on any atom is 0.213 e. The molecule has 3 heterocycles. The molecular weight excluding hydrogens is 256 g/mol. The lowest BCUT2D eigenvalue weighted by Gasteiger charge is -2.22. The summed E-state index contributed by atoms with van der Waals surface area (Å²) < 4.78 is 5.85. The number of rotatable bonds is 4. The van der Waals surface area contributed by atoms with E-state index in [4.69, 9.17) is 4.74 Å². The van der Waals surface area contributed by atoms with Gasteiger partial charge in [0.05, 0.1) is 12.3 Å². The zero-order chi connectivity index (χ0) is 12.9. The first-order chi connectivity index (χ1) is 9.42. The summed E-state index contributed by atoms with van der Waals surface area (Å²) in [4.78, 5) is 4.57. The molecule has 19 heavy (non-hydrogen) atoms. The van der Waals surface area contributed by atoms with Gasteiger partial charge in [0.2, 0.25) is 5.88 Å². The molecule has 0 aromatic carbocycles. The van der Waals surface area contributed by atoms with Crippen molar-refractivity contribution in [1.82, 2.24) is 10.3 Å². The number of nitrogens with one attached hydrogen (secondary N) is 1. The SMILES string of the molecule is c1cc(OCC2CCNCC2)nc(-c2ccsc2)c1. The highest BCUT2D eigenvalue weighted by Crippen LogP contribution is 2.22. The van der Waals surface area contributed by atoms with Crippen molar-refractivity contribution in [3.8, 4) is 17.1 Å². The second-order valence-corrected chi connectivity index (χ2v) is 5.66. The maximum atomic E-state index is 5.85. The van der Waals surface area contributed by atoms with Gasteiger partial charge in [-0.2, -0.15) is 11.3 Å². The van der Waals surface area contributed by atoms with E-state index in [0.29, 0.717) is 5.92 Å². The molecule has 3 nitrogen and oxygen atoms in total. The minimum atomic E-state index is 0.660. The fraction of sp³-hybridized carbons (Fsp3) is 0.400. The van der Waals surface area contributed by atoms with Gasteiger partial charge in [-0.15, -0.1) is 0 Å². The van der Waals surface area contributed by atoms with Crippen molar-refractivity contribution in [1.29, 1.82) is 0 Å². The molecule has 1 aliphatic rings. The average molecular weight is 274 g/mol. The smallest absolute Gasteiger partial charge is 0.213 e. The van der Waals surface area contributed by atoms with Crippen molar-refractivity contribution < 1.29 is 4.74 Å². The molecule has 0 aliphatic carbocycles. The Morgan fingerprint density at radius 3 is 2.95 bits per heavy atom. The predicted molar refractivity (Wildman–Crippen MR) is 78.6 cm³/mol. The summed E-state index contributed by atoms with van der Waals surface area (Å²) >= 11 is 1.69. The molecule has 0 amide bonds. The van der Waals surface area contributed by atoms with Crippen LogP contribution in [0.15, 0.2) is 35.0 Å². The van der Waals surface area contributed by atoms with E-state index in [1.54, 1.807) is 11.3 Å². The number of hydrogen-bond donors (Lipinski definition) is 1. The Kier molecular flexibility index (Phi) is 4.10. The van der Waals surface area contributed by atoms with Gasteiger partial charge in [-0.3, -0.25) is 0 Å². The summed E-state index contributed by atoms with van der Waals surface area (Å²) in [7, 11) is 0. The first-order valence-corrected chi connectivity index (χ1v) is 7.69. The molecule has 1 aliphatic heterocycles. The molecule has 0 spiro atoms. The highest BCUT2D eigenvalue weighted by Gasteiger charge is 2.13. The van der Waals surface area contributed by atoms with E-state index in [9.17, 15) is 0 Å². The molecule has 0 bridgehead atoms. The van der Waals surface area contributed by atoms with Crippen LogP contribution in [-0.2, 0) is 0 Å². The van der Waals surface area contributed by atoms with Gasteiger partial charge in [0.1, 0.15) is 0 Å². The van der Waals surface area contributed by atoms with Crippen LogP contribution in [0, 0.1) is 5.92 Å². The highest BCUT2D eigenvalue weighted by molar-refractivity contribution is 7.08. The number of pyridine rings is 1. The normalized spacial score (nSPS) is 16.4. The molecule has 0 radical (unpaired) electrons. The van der Waals surface area contributed by atoms with Gasteiger partial charge in [0.25, 0.3) is 0 Å². The molecule has 0 saturated carbocycles. The lowest BCUT2D eigenvalue weighted by molar-refractivity contribution is 0.209. The zero-order valence-corrected chi connectivity index (χ0v) is 11.7. The van der Waals surface area contributed by atoms with E-state index in [-0.39, 0.29) is 0 Å². The Morgan fingerprint density at radius 2 is 2.16 bits per heavy atom. The lowest BCUT2D eigenvalue weighted by Crippen LogP contribution is -2.30. The van der Waals surface area contributed by atoms with Crippen LogP contribution in [0.4, 0.5) is 0 Å². The minimum absolute atomic E-state index is 0.660. The summed E-state index contributed by atoms with van der Waals surface area (Å²) in [6.45, 7) is 2.99. The molecule has 4 heteroatoms. The van der Waals surface area contributed by atoms with Crippen molar-refractivity contribution in [3.05, 3.63) is 35.0 Å². The van der Waals surface area contributed by atoms with Crippen molar-refractivity contribution in [3.63, 3.8) is 0 Å². The second-order valence-electron chi connectivity index (χ2n) is 4.88. The molecule has 0 atom stereocenters. The van der Waals surface area contributed by atoms with Crippen molar-refractivity contribution in [2.45, 2.75) is 12.8 Å². The van der Waals surface area contributed by atoms with Crippen LogP contribution in [0.2, 0.25) is 0 Å². The topological polar surface area (TPSA) is 34.1 Å². The number of hydrogen-bond acceptors (Lipinski definition) is 4. The van der Waals surface area contributed by atoms with Crippen LogP contribution in [-0.4, -0.2) is 24.7 Å². The number of ether oxygens (including phenoxy) is 1. The fourth-order valence-corrected chi connectivity index (χ4v) is 2.97. The van der Waals surface area contributed by atoms with Crippen LogP contribution in [0.3, 0.4) is 0 Å². The van der Waals surface area contributed by atoms with Gasteiger partial charge >= 0.3 is 0 Å². The predicted octanol–water partition coefficient (Wildman–Crippen LogP) is 3.19.